The summed E-state index contributed by atoms with van der Waals surface area (Å²) in [5, 5.41) is 7.32. The fourth-order valence-corrected chi connectivity index (χ4v) is 2.38. The molecule has 0 amide bonds. The van der Waals surface area contributed by atoms with Gasteiger partial charge >= 0.3 is 0 Å². The predicted molar refractivity (Wildman–Crippen MR) is 71.9 cm³/mol. The highest BCUT2D eigenvalue weighted by atomic mass is 32.1. The highest BCUT2D eigenvalue weighted by molar-refractivity contribution is 7.13. The zero-order valence-electron chi connectivity index (χ0n) is 9.34. The van der Waals surface area contributed by atoms with Crippen molar-refractivity contribution in [2.24, 2.45) is 0 Å². The molecule has 3 rings (SSSR count). The summed E-state index contributed by atoms with van der Waals surface area (Å²) < 4.78 is 0. The molecule has 4 heteroatoms. The van der Waals surface area contributed by atoms with Crippen LogP contribution in [-0.4, -0.2) is 9.97 Å². The van der Waals surface area contributed by atoms with Crippen molar-refractivity contribution < 1.29 is 0 Å². The van der Waals surface area contributed by atoms with Gasteiger partial charge < -0.3 is 5.32 Å². The highest BCUT2D eigenvalue weighted by Crippen LogP contribution is 2.22. The lowest BCUT2D eigenvalue weighted by molar-refractivity contribution is 1.26. The van der Waals surface area contributed by atoms with E-state index < -0.39 is 0 Å². The first-order chi connectivity index (χ1) is 8.31. The average Bonchev–Trinajstić information content (AvgIpc) is 2.75. The zero-order valence-corrected chi connectivity index (χ0v) is 10.2. The number of pyridine rings is 1. The van der Waals surface area contributed by atoms with E-state index in [1.165, 1.54) is 0 Å². The minimum absolute atomic E-state index is 0.902. The first kappa shape index (κ1) is 10.2. The quantitative estimate of drug-likeness (QED) is 0.742. The maximum absolute atomic E-state index is 4.40. The van der Waals surface area contributed by atoms with Crippen molar-refractivity contribution in [3.63, 3.8) is 0 Å². The van der Waals surface area contributed by atoms with Crippen LogP contribution in [0.15, 0.2) is 41.9 Å². The predicted octanol–water partition coefficient (Wildman–Crippen LogP) is 3.74. The van der Waals surface area contributed by atoms with Crippen molar-refractivity contribution in [2.75, 3.05) is 5.32 Å². The molecule has 0 spiro atoms. The van der Waals surface area contributed by atoms with Crippen LogP contribution < -0.4 is 5.32 Å². The van der Waals surface area contributed by atoms with Gasteiger partial charge in [-0.25, -0.2) is 4.98 Å². The summed E-state index contributed by atoms with van der Waals surface area (Å²) in [5.74, 6) is 0. The molecule has 2 heterocycles. The molecule has 0 saturated carbocycles. The smallest absolute Gasteiger partial charge is 0.187 e. The number of rotatable bonds is 2. The summed E-state index contributed by atoms with van der Waals surface area (Å²) in [5.41, 5.74) is 3.01. The molecule has 17 heavy (non-hydrogen) atoms. The molecule has 0 bridgehead atoms. The molecule has 1 N–H and O–H groups in total. The number of nitrogens with one attached hydrogen (secondary N) is 1. The molecule has 0 radical (unpaired) electrons. The molecule has 0 unspecified atom stereocenters. The van der Waals surface area contributed by atoms with Gasteiger partial charge in [0, 0.05) is 10.8 Å². The van der Waals surface area contributed by atoms with Gasteiger partial charge in [-0.1, -0.05) is 18.2 Å². The number of thiazole rings is 1. The maximum Gasteiger partial charge on any atom is 0.187 e. The van der Waals surface area contributed by atoms with E-state index in [0.717, 1.165) is 27.4 Å². The van der Waals surface area contributed by atoms with Crippen LogP contribution >= 0.6 is 11.3 Å². The molecule has 2 aromatic heterocycles. The molecule has 84 valence electrons. The van der Waals surface area contributed by atoms with Gasteiger partial charge in [-0.05, 0) is 19.1 Å². The van der Waals surface area contributed by atoms with E-state index in [4.69, 9.17) is 0 Å². The number of para-hydroxylation sites is 1. The van der Waals surface area contributed by atoms with Crippen molar-refractivity contribution in [3.8, 4) is 0 Å². The Kier molecular flexibility index (Phi) is 2.49. The number of anilines is 2. The second-order valence-electron chi connectivity index (χ2n) is 3.84. The lowest BCUT2D eigenvalue weighted by Gasteiger charge is -2.03. The van der Waals surface area contributed by atoms with E-state index in [2.05, 4.69) is 27.4 Å². The second kappa shape index (κ2) is 4.14. The number of aromatic nitrogens is 2. The van der Waals surface area contributed by atoms with Crippen LogP contribution in [-0.2, 0) is 0 Å². The molecule has 1 aromatic carbocycles. The molecule has 0 aliphatic rings. The van der Waals surface area contributed by atoms with E-state index >= 15 is 0 Å². The van der Waals surface area contributed by atoms with Gasteiger partial charge in [-0.3, -0.25) is 4.98 Å². The first-order valence-corrected chi connectivity index (χ1v) is 6.23. The summed E-state index contributed by atoms with van der Waals surface area (Å²) >= 11 is 1.60. The normalized spacial score (nSPS) is 10.6. The van der Waals surface area contributed by atoms with Crippen LogP contribution in [0, 0.1) is 6.92 Å². The van der Waals surface area contributed by atoms with Gasteiger partial charge in [0.25, 0.3) is 0 Å². The Bertz CT molecular complexity index is 660. The monoisotopic (exact) mass is 241 g/mol. The van der Waals surface area contributed by atoms with E-state index in [0.29, 0.717) is 0 Å². The molecule has 0 saturated heterocycles. The summed E-state index contributed by atoms with van der Waals surface area (Å²) in [7, 11) is 0. The number of hydrogen-bond acceptors (Lipinski definition) is 4. The highest BCUT2D eigenvalue weighted by Gasteiger charge is 2.00. The maximum atomic E-state index is 4.40. The largest absolute Gasteiger partial charge is 0.330 e. The Hall–Kier alpha value is -1.94. The van der Waals surface area contributed by atoms with Crippen molar-refractivity contribution in [3.05, 3.63) is 47.6 Å². The topological polar surface area (TPSA) is 37.8 Å². The minimum atomic E-state index is 0.902. The third-order valence-electron chi connectivity index (χ3n) is 2.46. The molecular formula is C13H11N3S. The van der Waals surface area contributed by atoms with Crippen LogP contribution in [0.1, 0.15) is 5.69 Å². The van der Waals surface area contributed by atoms with Gasteiger partial charge in [0.15, 0.2) is 5.13 Å². The molecule has 0 aliphatic heterocycles. The van der Waals surface area contributed by atoms with Gasteiger partial charge in [0.05, 0.1) is 23.1 Å². The summed E-state index contributed by atoms with van der Waals surface area (Å²) in [6, 6.07) is 10.2. The van der Waals surface area contributed by atoms with Crippen molar-refractivity contribution in [1.29, 1.82) is 0 Å². The molecule has 3 nitrogen and oxygen atoms in total. The van der Waals surface area contributed by atoms with Crippen molar-refractivity contribution >= 4 is 33.1 Å². The van der Waals surface area contributed by atoms with E-state index in [-0.39, 0.29) is 0 Å². The Labute approximate surface area is 103 Å². The zero-order chi connectivity index (χ0) is 11.7. The molecular weight excluding hydrogens is 230 g/mol. The Morgan fingerprint density at radius 1 is 1.24 bits per heavy atom. The van der Waals surface area contributed by atoms with E-state index in [1.54, 1.807) is 11.3 Å². The van der Waals surface area contributed by atoms with E-state index in [9.17, 15) is 0 Å². The number of fused-ring (bicyclic) bond motifs is 1. The van der Waals surface area contributed by atoms with Crippen molar-refractivity contribution in [2.45, 2.75) is 6.92 Å². The number of nitrogens with zero attached hydrogens (tertiary/aromatic N) is 2. The lowest BCUT2D eigenvalue weighted by atomic mass is 10.2. The third kappa shape index (κ3) is 2.12. The van der Waals surface area contributed by atoms with E-state index in [1.807, 2.05) is 36.7 Å². The molecule has 0 atom stereocenters. The molecule has 3 aromatic rings. The van der Waals surface area contributed by atoms with Gasteiger partial charge in [0.1, 0.15) is 0 Å². The van der Waals surface area contributed by atoms with Crippen LogP contribution in [0.5, 0.6) is 0 Å². The number of benzene rings is 1. The van der Waals surface area contributed by atoms with Gasteiger partial charge in [-0.15, -0.1) is 11.3 Å². The standard InChI is InChI=1S/C13H11N3S/c1-9-8-17-13(15-9)16-11-6-10-4-2-3-5-12(10)14-7-11/h2-8H,1H3,(H,15,16). The van der Waals surface area contributed by atoms with Crippen LogP contribution in [0.3, 0.4) is 0 Å². The lowest BCUT2D eigenvalue weighted by Crippen LogP contribution is -1.90. The minimum Gasteiger partial charge on any atom is -0.330 e. The average molecular weight is 241 g/mol. The molecule has 0 fully saturated rings. The Balaban J connectivity index is 1.95. The summed E-state index contributed by atoms with van der Waals surface area (Å²) in [4.78, 5) is 8.76. The SMILES string of the molecule is Cc1csc(Nc2cnc3ccccc3c2)n1. The van der Waals surface area contributed by atoms with Crippen LogP contribution in [0.4, 0.5) is 10.8 Å². The first-order valence-electron chi connectivity index (χ1n) is 5.35. The third-order valence-corrected chi connectivity index (χ3v) is 3.34. The van der Waals surface area contributed by atoms with Crippen LogP contribution in [0.25, 0.3) is 10.9 Å². The molecule has 0 aliphatic carbocycles. The van der Waals surface area contributed by atoms with Gasteiger partial charge in [-0.2, -0.15) is 0 Å². The number of aryl methyl sites for hydroxylation is 1. The Morgan fingerprint density at radius 2 is 2.12 bits per heavy atom. The van der Waals surface area contributed by atoms with Crippen LogP contribution in [0.2, 0.25) is 0 Å². The Morgan fingerprint density at radius 3 is 2.94 bits per heavy atom. The summed E-state index contributed by atoms with van der Waals surface area (Å²) in [6.45, 7) is 1.99. The fraction of sp³-hybridized carbons (Fsp3) is 0.0769. The summed E-state index contributed by atoms with van der Waals surface area (Å²) in [6.07, 6.45) is 1.83. The van der Waals surface area contributed by atoms with Gasteiger partial charge in [0.2, 0.25) is 0 Å². The number of hydrogen-bond donors (Lipinski definition) is 1. The second-order valence-corrected chi connectivity index (χ2v) is 4.69. The van der Waals surface area contributed by atoms with Crippen molar-refractivity contribution in [1.82, 2.24) is 9.97 Å². The fourth-order valence-electron chi connectivity index (χ4n) is 1.67.